The van der Waals surface area contributed by atoms with E-state index in [4.69, 9.17) is 22.4 Å². The van der Waals surface area contributed by atoms with Crippen LogP contribution in [-0.2, 0) is 5.92 Å². The van der Waals surface area contributed by atoms with Gasteiger partial charge in [-0.05, 0) is 18.2 Å². The molecule has 2 nitrogen and oxygen atoms in total. The third kappa shape index (κ3) is 2.08. The van der Waals surface area contributed by atoms with Gasteiger partial charge >= 0.3 is 0 Å². The van der Waals surface area contributed by atoms with Crippen molar-refractivity contribution in [3.63, 3.8) is 0 Å². The minimum atomic E-state index is -3.21. The Hall–Kier alpha value is -0.870. The van der Waals surface area contributed by atoms with Gasteiger partial charge in [0.25, 0.3) is 5.92 Å². The van der Waals surface area contributed by atoms with Gasteiger partial charge in [-0.1, -0.05) is 11.6 Å². The van der Waals surface area contributed by atoms with Gasteiger partial charge in [0, 0.05) is 5.02 Å². The molecule has 0 radical (unpaired) electrons. The first kappa shape index (κ1) is 10.2. The summed E-state index contributed by atoms with van der Waals surface area (Å²) in [4.78, 5) is 0. The van der Waals surface area contributed by atoms with Crippen LogP contribution in [0.5, 0.6) is 5.75 Å². The molecule has 0 aromatic heterocycles. The zero-order chi connectivity index (χ0) is 10.1. The summed E-state index contributed by atoms with van der Waals surface area (Å²) in [5, 5.41) is 9.34. The van der Waals surface area contributed by atoms with Crippen LogP contribution in [-0.4, -0.2) is 11.7 Å². The third-order valence-corrected chi connectivity index (χ3v) is 1.85. The highest BCUT2D eigenvalue weighted by molar-refractivity contribution is 6.30. The maximum Gasteiger partial charge on any atom is 0.288 e. The topological polar surface area (TPSA) is 46.2 Å². The molecule has 5 heteroatoms. The Balaban J connectivity index is 3.16. The molecular formula is C8H8ClF2NO. The highest BCUT2D eigenvalue weighted by Crippen LogP contribution is 2.34. The summed E-state index contributed by atoms with van der Waals surface area (Å²) in [7, 11) is 0. The normalized spacial score (nSPS) is 11.7. The molecule has 0 atom stereocenters. The minimum Gasteiger partial charge on any atom is -0.507 e. The summed E-state index contributed by atoms with van der Waals surface area (Å²) in [5.41, 5.74) is 4.35. The number of nitrogens with two attached hydrogens (primary N) is 1. The van der Waals surface area contributed by atoms with Crippen molar-refractivity contribution in [3.05, 3.63) is 28.8 Å². The van der Waals surface area contributed by atoms with E-state index in [-0.39, 0.29) is 5.02 Å². The Kier molecular flexibility index (Phi) is 2.73. The van der Waals surface area contributed by atoms with E-state index < -0.39 is 23.8 Å². The van der Waals surface area contributed by atoms with E-state index in [2.05, 4.69) is 0 Å². The van der Waals surface area contributed by atoms with Crippen LogP contribution in [0.4, 0.5) is 8.78 Å². The second-order valence-electron chi connectivity index (χ2n) is 2.57. The maximum atomic E-state index is 12.9. The highest BCUT2D eigenvalue weighted by Gasteiger charge is 2.32. The molecule has 72 valence electrons. The van der Waals surface area contributed by atoms with E-state index in [0.717, 1.165) is 12.1 Å². The Morgan fingerprint density at radius 1 is 1.46 bits per heavy atom. The van der Waals surface area contributed by atoms with Gasteiger partial charge in [0.15, 0.2) is 0 Å². The Morgan fingerprint density at radius 2 is 2.08 bits per heavy atom. The molecule has 0 aliphatic rings. The molecule has 0 aliphatic heterocycles. The van der Waals surface area contributed by atoms with Crippen LogP contribution in [0.2, 0.25) is 5.02 Å². The summed E-state index contributed by atoms with van der Waals surface area (Å²) in [5.74, 6) is -3.75. The first-order chi connectivity index (χ1) is 5.97. The lowest BCUT2D eigenvalue weighted by atomic mass is 10.1. The highest BCUT2D eigenvalue weighted by atomic mass is 35.5. The quantitative estimate of drug-likeness (QED) is 0.780. The van der Waals surface area contributed by atoms with Crippen LogP contribution in [0.3, 0.4) is 0 Å². The molecule has 3 N–H and O–H groups in total. The number of benzene rings is 1. The zero-order valence-electron chi connectivity index (χ0n) is 6.60. The van der Waals surface area contributed by atoms with Crippen LogP contribution in [0, 0.1) is 0 Å². The number of phenols is 1. The molecule has 1 rings (SSSR count). The smallest absolute Gasteiger partial charge is 0.288 e. The summed E-state index contributed by atoms with van der Waals surface area (Å²) >= 11 is 5.47. The minimum absolute atomic E-state index is 0.203. The third-order valence-electron chi connectivity index (χ3n) is 1.61. The Labute approximate surface area is 78.9 Å². The van der Waals surface area contributed by atoms with Crippen LogP contribution >= 0.6 is 11.6 Å². The van der Waals surface area contributed by atoms with Gasteiger partial charge in [0.05, 0.1) is 12.1 Å². The molecule has 0 saturated carbocycles. The van der Waals surface area contributed by atoms with Crippen molar-refractivity contribution >= 4 is 11.6 Å². The summed E-state index contributed by atoms with van der Waals surface area (Å²) < 4.78 is 25.9. The molecule has 0 saturated heterocycles. The molecule has 0 fully saturated rings. The van der Waals surface area contributed by atoms with Gasteiger partial charge in [-0.2, -0.15) is 8.78 Å². The zero-order valence-corrected chi connectivity index (χ0v) is 7.35. The van der Waals surface area contributed by atoms with Gasteiger partial charge in [-0.25, -0.2) is 0 Å². The van der Waals surface area contributed by atoms with E-state index in [1.807, 2.05) is 0 Å². The summed E-state index contributed by atoms with van der Waals surface area (Å²) in [6, 6.07) is 3.39. The van der Waals surface area contributed by atoms with Gasteiger partial charge in [-0.15, -0.1) is 0 Å². The van der Waals surface area contributed by atoms with E-state index in [9.17, 15) is 8.78 Å². The number of phenolic OH excluding ortho intramolecular Hbond substituents is 1. The summed E-state index contributed by atoms with van der Waals surface area (Å²) in [6.45, 7) is -0.845. The molecule has 0 heterocycles. The number of rotatable bonds is 2. The number of halogens is 3. The number of hydrogen-bond donors (Lipinski definition) is 2. The van der Waals surface area contributed by atoms with Gasteiger partial charge in [-0.3, -0.25) is 0 Å². The lowest BCUT2D eigenvalue weighted by Crippen LogP contribution is -2.25. The van der Waals surface area contributed by atoms with E-state index in [1.54, 1.807) is 0 Å². The second-order valence-corrected chi connectivity index (χ2v) is 3.01. The van der Waals surface area contributed by atoms with Gasteiger partial charge in [0.1, 0.15) is 5.75 Å². The second kappa shape index (κ2) is 3.47. The molecular weight excluding hydrogens is 200 g/mol. The van der Waals surface area contributed by atoms with Crippen molar-refractivity contribution in [2.24, 2.45) is 5.73 Å². The Bertz CT molecular complexity index is 317. The van der Waals surface area contributed by atoms with Crippen molar-refractivity contribution < 1.29 is 13.9 Å². The van der Waals surface area contributed by atoms with Gasteiger partial charge in [0.2, 0.25) is 0 Å². The fraction of sp³-hybridized carbons (Fsp3) is 0.250. The van der Waals surface area contributed by atoms with E-state index in [1.165, 1.54) is 6.07 Å². The molecule has 0 bridgehead atoms. The largest absolute Gasteiger partial charge is 0.507 e. The van der Waals surface area contributed by atoms with E-state index in [0.29, 0.717) is 0 Å². The Morgan fingerprint density at radius 3 is 2.54 bits per heavy atom. The van der Waals surface area contributed by atoms with Crippen molar-refractivity contribution in [2.45, 2.75) is 5.92 Å². The van der Waals surface area contributed by atoms with Crippen LogP contribution < -0.4 is 5.73 Å². The van der Waals surface area contributed by atoms with Crippen LogP contribution in [0.1, 0.15) is 5.56 Å². The first-order valence-corrected chi connectivity index (χ1v) is 3.92. The number of hydrogen-bond acceptors (Lipinski definition) is 2. The predicted octanol–water partition coefficient (Wildman–Crippen LogP) is 2.10. The number of alkyl halides is 2. The lowest BCUT2D eigenvalue weighted by Gasteiger charge is -2.15. The number of aromatic hydroxyl groups is 1. The standard InChI is InChI=1S/C8H8ClF2NO/c9-5-1-2-6(7(13)3-5)8(10,11)4-12/h1-3,13H,4,12H2. The fourth-order valence-electron chi connectivity index (χ4n) is 0.924. The fourth-order valence-corrected chi connectivity index (χ4v) is 1.09. The SMILES string of the molecule is NCC(F)(F)c1ccc(Cl)cc1O. The molecule has 0 amide bonds. The maximum absolute atomic E-state index is 12.9. The average Bonchev–Trinajstić information content (AvgIpc) is 2.03. The molecule has 1 aromatic rings. The van der Waals surface area contributed by atoms with Crippen molar-refractivity contribution in [1.29, 1.82) is 0 Å². The monoisotopic (exact) mass is 207 g/mol. The summed E-state index contributed by atoms with van der Waals surface area (Å²) in [6.07, 6.45) is 0. The molecule has 0 aliphatic carbocycles. The van der Waals surface area contributed by atoms with Crippen LogP contribution in [0.15, 0.2) is 18.2 Å². The predicted molar refractivity (Wildman–Crippen MR) is 46.1 cm³/mol. The van der Waals surface area contributed by atoms with E-state index >= 15 is 0 Å². The first-order valence-electron chi connectivity index (χ1n) is 3.54. The molecule has 0 unspecified atom stereocenters. The van der Waals surface area contributed by atoms with Crippen molar-refractivity contribution in [2.75, 3.05) is 6.54 Å². The van der Waals surface area contributed by atoms with Crippen molar-refractivity contribution in [3.8, 4) is 5.75 Å². The molecule has 13 heavy (non-hydrogen) atoms. The molecule has 0 spiro atoms. The lowest BCUT2D eigenvalue weighted by molar-refractivity contribution is 0.00378. The molecule has 1 aromatic carbocycles. The van der Waals surface area contributed by atoms with Crippen molar-refractivity contribution in [1.82, 2.24) is 0 Å². The van der Waals surface area contributed by atoms with Gasteiger partial charge < -0.3 is 10.8 Å². The van der Waals surface area contributed by atoms with Crippen LogP contribution in [0.25, 0.3) is 0 Å². The average molecular weight is 208 g/mol.